The lowest BCUT2D eigenvalue weighted by Crippen LogP contribution is -2.34. The summed E-state index contributed by atoms with van der Waals surface area (Å²) < 4.78 is 0. The summed E-state index contributed by atoms with van der Waals surface area (Å²) in [6, 6.07) is 14.4. The Labute approximate surface area is 137 Å². The minimum absolute atomic E-state index is 0.0816. The Balaban J connectivity index is 2.03. The third kappa shape index (κ3) is 5.83. The molecule has 0 fully saturated rings. The highest BCUT2D eigenvalue weighted by Crippen LogP contribution is 2.15. The molecule has 2 N–H and O–H groups in total. The van der Waals surface area contributed by atoms with E-state index in [-0.39, 0.29) is 18.5 Å². The van der Waals surface area contributed by atoms with Crippen LogP contribution in [0.5, 0.6) is 0 Å². The number of hydrogen-bond donors (Lipinski definition) is 2. The Kier molecular flexibility index (Phi) is 6.29. The van der Waals surface area contributed by atoms with Gasteiger partial charge in [-0.05, 0) is 43.9 Å². The van der Waals surface area contributed by atoms with E-state index in [1.54, 1.807) is 0 Å². The van der Waals surface area contributed by atoms with Crippen molar-refractivity contribution < 1.29 is 9.90 Å². The summed E-state index contributed by atoms with van der Waals surface area (Å²) in [6.07, 6.45) is 3.43. The summed E-state index contributed by atoms with van der Waals surface area (Å²) in [6.45, 7) is 4.08. The number of hydrogen-bond acceptors (Lipinski definition) is 3. The van der Waals surface area contributed by atoms with E-state index in [0.717, 1.165) is 17.7 Å². The molecule has 4 nitrogen and oxygen atoms in total. The zero-order valence-corrected chi connectivity index (χ0v) is 13.7. The number of nitrogens with one attached hydrogen (secondary N) is 1. The van der Waals surface area contributed by atoms with E-state index in [0.29, 0.717) is 6.42 Å². The predicted octanol–water partition coefficient (Wildman–Crippen LogP) is 3.52. The van der Waals surface area contributed by atoms with Gasteiger partial charge in [0, 0.05) is 24.7 Å². The Morgan fingerprint density at radius 3 is 2.57 bits per heavy atom. The molecule has 2 aromatic rings. The summed E-state index contributed by atoms with van der Waals surface area (Å²) in [5, 5.41) is 12.5. The first-order valence-corrected chi connectivity index (χ1v) is 7.99. The van der Waals surface area contributed by atoms with Gasteiger partial charge in [-0.15, -0.1) is 0 Å². The Hall–Kier alpha value is -2.20. The lowest BCUT2D eigenvalue weighted by molar-refractivity contribution is -0.137. The monoisotopic (exact) mass is 312 g/mol. The molecule has 0 aliphatic heterocycles. The smallest absolute Gasteiger partial charge is 0.303 e. The van der Waals surface area contributed by atoms with Gasteiger partial charge in [0.2, 0.25) is 0 Å². The third-order valence-electron chi connectivity index (χ3n) is 3.90. The van der Waals surface area contributed by atoms with Crippen LogP contribution in [-0.2, 0) is 11.2 Å². The molecule has 0 bridgehead atoms. The molecule has 0 aliphatic rings. The summed E-state index contributed by atoms with van der Waals surface area (Å²) in [5.74, 6) is -0.758. The molecular weight excluding hydrogens is 288 g/mol. The molecule has 2 atom stereocenters. The van der Waals surface area contributed by atoms with Crippen molar-refractivity contribution in [1.29, 1.82) is 0 Å². The van der Waals surface area contributed by atoms with Gasteiger partial charge in [0.15, 0.2) is 0 Å². The van der Waals surface area contributed by atoms with Crippen LogP contribution in [0.3, 0.4) is 0 Å². The maximum Gasteiger partial charge on any atom is 0.303 e. The highest BCUT2D eigenvalue weighted by molar-refractivity contribution is 5.66. The van der Waals surface area contributed by atoms with E-state index in [2.05, 4.69) is 29.4 Å². The number of aliphatic carboxylic acids is 1. The molecule has 0 aliphatic carbocycles. The van der Waals surface area contributed by atoms with Crippen molar-refractivity contribution in [3.63, 3.8) is 0 Å². The quantitative estimate of drug-likeness (QED) is 0.783. The van der Waals surface area contributed by atoms with Gasteiger partial charge >= 0.3 is 5.97 Å². The summed E-state index contributed by atoms with van der Waals surface area (Å²) in [4.78, 5) is 15.4. The number of carboxylic acids is 1. The second-order valence-corrected chi connectivity index (χ2v) is 5.97. The zero-order valence-electron chi connectivity index (χ0n) is 13.7. The number of aryl methyl sites for hydroxylation is 1. The van der Waals surface area contributed by atoms with Gasteiger partial charge in [0.05, 0.1) is 5.69 Å². The zero-order chi connectivity index (χ0) is 16.7. The Morgan fingerprint density at radius 2 is 1.96 bits per heavy atom. The first-order valence-electron chi connectivity index (χ1n) is 7.99. The van der Waals surface area contributed by atoms with Gasteiger partial charge in [0.1, 0.15) is 0 Å². The van der Waals surface area contributed by atoms with Crippen molar-refractivity contribution in [3.8, 4) is 0 Å². The van der Waals surface area contributed by atoms with Crippen molar-refractivity contribution in [2.45, 2.75) is 45.2 Å². The van der Waals surface area contributed by atoms with E-state index in [9.17, 15) is 4.79 Å². The summed E-state index contributed by atoms with van der Waals surface area (Å²) >= 11 is 0. The number of rotatable bonds is 8. The predicted molar refractivity (Wildman–Crippen MR) is 91.3 cm³/mol. The van der Waals surface area contributed by atoms with E-state index in [1.807, 2.05) is 43.5 Å². The van der Waals surface area contributed by atoms with E-state index in [1.165, 1.54) is 5.56 Å². The first-order chi connectivity index (χ1) is 11.0. The molecule has 1 heterocycles. The minimum atomic E-state index is -0.758. The molecule has 1 aromatic carbocycles. The van der Waals surface area contributed by atoms with Crippen molar-refractivity contribution in [2.24, 2.45) is 0 Å². The lowest BCUT2D eigenvalue weighted by atomic mass is 10.0. The fourth-order valence-electron chi connectivity index (χ4n) is 2.61. The first kappa shape index (κ1) is 17.2. The number of pyridine rings is 1. The third-order valence-corrected chi connectivity index (χ3v) is 3.90. The second-order valence-electron chi connectivity index (χ2n) is 5.97. The number of nitrogens with zero attached hydrogens (tertiary/aromatic N) is 1. The largest absolute Gasteiger partial charge is 0.481 e. The van der Waals surface area contributed by atoms with Gasteiger partial charge in [-0.1, -0.05) is 36.4 Å². The molecule has 2 rings (SSSR count). The molecule has 1 aromatic heterocycles. The molecule has 0 spiro atoms. The van der Waals surface area contributed by atoms with E-state index >= 15 is 0 Å². The van der Waals surface area contributed by atoms with Crippen LogP contribution in [0.2, 0.25) is 0 Å². The highest BCUT2D eigenvalue weighted by Gasteiger charge is 2.16. The maximum absolute atomic E-state index is 10.9. The van der Waals surface area contributed by atoms with Crippen molar-refractivity contribution in [2.75, 3.05) is 0 Å². The average molecular weight is 312 g/mol. The number of carbonyl (C=O) groups is 1. The molecule has 0 saturated heterocycles. The normalized spacial score (nSPS) is 13.5. The summed E-state index contributed by atoms with van der Waals surface area (Å²) in [5.41, 5.74) is 3.32. The topological polar surface area (TPSA) is 62.2 Å². The standard InChI is InChI=1S/C19H24N2O2/c1-14-8-10-18(20-13-14)15(2)21-17(9-11-19(22)23)12-16-6-4-3-5-7-16/h3-8,10,13,15,17,21H,9,11-12H2,1-2H3,(H,22,23). The van der Waals surface area contributed by atoms with Crippen LogP contribution in [0.1, 0.15) is 42.6 Å². The minimum Gasteiger partial charge on any atom is -0.481 e. The van der Waals surface area contributed by atoms with Gasteiger partial charge in [-0.2, -0.15) is 0 Å². The van der Waals surface area contributed by atoms with Crippen LogP contribution in [0.15, 0.2) is 48.7 Å². The fourth-order valence-corrected chi connectivity index (χ4v) is 2.61. The SMILES string of the molecule is Cc1ccc(C(C)NC(CCC(=O)O)Cc2ccccc2)nc1. The Bertz CT molecular complexity index is 611. The maximum atomic E-state index is 10.9. The molecule has 23 heavy (non-hydrogen) atoms. The van der Waals surface area contributed by atoms with Crippen LogP contribution in [0.4, 0.5) is 0 Å². The fraction of sp³-hybridized carbons (Fsp3) is 0.368. The van der Waals surface area contributed by atoms with E-state index in [4.69, 9.17) is 5.11 Å². The number of benzene rings is 1. The molecule has 0 radical (unpaired) electrons. The van der Waals surface area contributed by atoms with Gasteiger partial charge < -0.3 is 10.4 Å². The molecule has 2 unspecified atom stereocenters. The van der Waals surface area contributed by atoms with Crippen LogP contribution in [0, 0.1) is 6.92 Å². The summed E-state index contributed by atoms with van der Waals surface area (Å²) in [7, 11) is 0. The van der Waals surface area contributed by atoms with Gasteiger partial charge in [0.25, 0.3) is 0 Å². The molecular formula is C19H24N2O2. The van der Waals surface area contributed by atoms with Crippen LogP contribution in [0.25, 0.3) is 0 Å². The second kappa shape index (κ2) is 8.44. The molecule has 0 amide bonds. The molecule has 0 saturated carbocycles. The van der Waals surface area contributed by atoms with Crippen LogP contribution >= 0.6 is 0 Å². The average Bonchev–Trinajstić information content (AvgIpc) is 2.54. The van der Waals surface area contributed by atoms with Gasteiger partial charge in [-0.25, -0.2) is 0 Å². The molecule has 4 heteroatoms. The molecule has 122 valence electrons. The van der Waals surface area contributed by atoms with Gasteiger partial charge in [-0.3, -0.25) is 9.78 Å². The number of carboxylic acid groups (broad SMARTS) is 1. The number of aromatic nitrogens is 1. The van der Waals surface area contributed by atoms with Crippen molar-refractivity contribution in [1.82, 2.24) is 10.3 Å². The van der Waals surface area contributed by atoms with Crippen LogP contribution in [-0.4, -0.2) is 22.1 Å². The van der Waals surface area contributed by atoms with E-state index < -0.39 is 5.97 Å². The highest BCUT2D eigenvalue weighted by atomic mass is 16.4. The van der Waals surface area contributed by atoms with Crippen molar-refractivity contribution >= 4 is 5.97 Å². The lowest BCUT2D eigenvalue weighted by Gasteiger charge is -2.23. The van der Waals surface area contributed by atoms with Crippen molar-refractivity contribution in [3.05, 3.63) is 65.5 Å². The Morgan fingerprint density at radius 1 is 1.22 bits per heavy atom. The van der Waals surface area contributed by atoms with Crippen LogP contribution < -0.4 is 5.32 Å².